The van der Waals surface area contributed by atoms with Crippen molar-refractivity contribution in [1.29, 1.82) is 0 Å². The van der Waals surface area contributed by atoms with Crippen LogP contribution in [-0.4, -0.2) is 60.0 Å². The summed E-state index contributed by atoms with van der Waals surface area (Å²) in [5, 5.41) is 15.3. The Balaban J connectivity index is 3.13. The van der Waals surface area contributed by atoms with Crippen LogP contribution in [0.2, 0.25) is 0 Å². The molecule has 3 atom stereocenters. The Morgan fingerprint density at radius 2 is 1.69 bits per heavy atom. The first-order valence-electron chi connectivity index (χ1n) is 11.0. The average Bonchev–Trinajstić information content (AvgIpc) is 2.72. The molecule has 0 saturated heterocycles. The van der Waals surface area contributed by atoms with Crippen molar-refractivity contribution in [2.45, 2.75) is 66.1 Å². The number of hydrogen-bond acceptors (Lipinski definition) is 4. The molecule has 32 heavy (non-hydrogen) atoms. The summed E-state index contributed by atoms with van der Waals surface area (Å²) in [7, 11) is 3.38. The summed E-state index contributed by atoms with van der Waals surface area (Å²) < 4.78 is 0. The van der Waals surface area contributed by atoms with Crippen LogP contribution in [0.25, 0.3) is 0 Å². The summed E-state index contributed by atoms with van der Waals surface area (Å²) in [6, 6.07) is 8.02. The summed E-state index contributed by atoms with van der Waals surface area (Å²) in [5.41, 5.74) is 0.656. The topological polar surface area (TPSA) is 98.7 Å². The highest BCUT2D eigenvalue weighted by molar-refractivity contribution is 5.91. The van der Waals surface area contributed by atoms with Gasteiger partial charge in [-0.15, -0.1) is 0 Å². The maximum atomic E-state index is 13.5. The van der Waals surface area contributed by atoms with Gasteiger partial charge in [0.15, 0.2) is 0 Å². The second-order valence-corrected chi connectivity index (χ2v) is 9.68. The van der Waals surface area contributed by atoms with Crippen LogP contribution in [0.3, 0.4) is 0 Å². The fourth-order valence-electron chi connectivity index (χ4n) is 3.50. The molecule has 0 heterocycles. The predicted octanol–water partition coefficient (Wildman–Crippen LogP) is 2.86. The Kier molecular flexibility index (Phi) is 10.1. The van der Waals surface area contributed by atoms with Gasteiger partial charge in [0.2, 0.25) is 11.8 Å². The molecule has 2 amide bonds. The monoisotopic (exact) mass is 445 g/mol. The number of aliphatic carboxylic acids is 1. The quantitative estimate of drug-likeness (QED) is 0.481. The van der Waals surface area contributed by atoms with Gasteiger partial charge in [0.1, 0.15) is 6.04 Å². The van der Waals surface area contributed by atoms with E-state index in [0.29, 0.717) is 6.42 Å². The summed E-state index contributed by atoms with van der Waals surface area (Å²) >= 11 is 0. The van der Waals surface area contributed by atoms with Gasteiger partial charge in [0, 0.05) is 12.6 Å². The highest BCUT2D eigenvalue weighted by Gasteiger charge is 2.38. The third-order valence-corrected chi connectivity index (χ3v) is 5.58. The molecule has 0 aliphatic rings. The number of benzene rings is 1. The number of amides is 2. The number of carboxylic acid groups (broad SMARTS) is 1. The molecule has 178 valence electrons. The Hall–Kier alpha value is -2.67. The number of carboxylic acids is 1. The molecule has 1 aromatic carbocycles. The highest BCUT2D eigenvalue weighted by Crippen LogP contribution is 2.24. The lowest BCUT2D eigenvalue weighted by Crippen LogP contribution is -2.59. The largest absolute Gasteiger partial charge is 0.478 e. The molecule has 3 N–H and O–H groups in total. The van der Waals surface area contributed by atoms with E-state index >= 15 is 0 Å². The lowest BCUT2D eigenvalue weighted by Gasteiger charge is -2.38. The van der Waals surface area contributed by atoms with Gasteiger partial charge in [0.25, 0.3) is 0 Å². The molecule has 0 fully saturated rings. The lowest BCUT2D eigenvalue weighted by atomic mass is 9.84. The van der Waals surface area contributed by atoms with E-state index in [4.69, 9.17) is 0 Å². The minimum atomic E-state index is -1.02. The molecular weight excluding hydrogens is 406 g/mol. The average molecular weight is 446 g/mol. The van der Waals surface area contributed by atoms with Crippen LogP contribution in [-0.2, 0) is 20.8 Å². The summed E-state index contributed by atoms with van der Waals surface area (Å²) in [4.78, 5) is 39.5. The predicted molar refractivity (Wildman–Crippen MR) is 127 cm³/mol. The van der Waals surface area contributed by atoms with Crippen LogP contribution >= 0.6 is 0 Å². The number of carbonyl (C=O) groups is 3. The second kappa shape index (κ2) is 11.8. The fourth-order valence-corrected chi connectivity index (χ4v) is 3.50. The highest BCUT2D eigenvalue weighted by atomic mass is 16.4. The summed E-state index contributed by atoms with van der Waals surface area (Å²) in [5.74, 6) is -1.53. The van der Waals surface area contributed by atoms with Gasteiger partial charge in [-0.1, -0.05) is 71.0 Å². The third kappa shape index (κ3) is 7.79. The molecule has 0 aliphatic carbocycles. The molecule has 1 rings (SSSR count). The first-order chi connectivity index (χ1) is 14.8. The Morgan fingerprint density at radius 3 is 2.12 bits per heavy atom. The van der Waals surface area contributed by atoms with E-state index in [2.05, 4.69) is 10.6 Å². The normalized spacial score (nSPS) is 15.1. The minimum Gasteiger partial charge on any atom is -0.478 e. The first-order valence-corrected chi connectivity index (χ1v) is 11.0. The smallest absolute Gasteiger partial charge is 0.331 e. The fraction of sp³-hybridized carbons (Fsp3) is 0.560. The van der Waals surface area contributed by atoms with Crippen molar-refractivity contribution < 1.29 is 19.5 Å². The number of nitrogens with one attached hydrogen (secondary N) is 2. The van der Waals surface area contributed by atoms with Crippen molar-refractivity contribution in [3.8, 4) is 0 Å². The van der Waals surface area contributed by atoms with Crippen LogP contribution in [0.5, 0.6) is 0 Å². The molecule has 7 heteroatoms. The molecular formula is C25H39N3O4. The van der Waals surface area contributed by atoms with Crippen LogP contribution < -0.4 is 10.6 Å². The van der Waals surface area contributed by atoms with Gasteiger partial charge >= 0.3 is 5.97 Å². The van der Waals surface area contributed by atoms with E-state index in [1.807, 2.05) is 65.0 Å². The Bertz CT molecular complexity index is 812. The van der Waals surface area contributed by atoms with E-state index in [0.717, 1.165) is 5.56 Å². The molecule has 0 radical (unpaired) electrons. The van der Waals surface area contributed by atoms with Gasteiger partial charge in [-0.3, -0.25) is 9.59 Å². The number of nitrogens with zero attached hydrogens (tertiary/aromatic N) is 1. The maximum Gasteiger partial charge on any atom is 0.331 e. The molecule has 0 saturated carbocycles. The zero-order chi connectivity index (χ0) is 24.6. The van der Waals surface area contributed by atoms with E-state index in [1.165, 1.54) is 6.92 Å². The molecule has 0 spiro atoms. The summed E-state index contributed by atoms with van der Waals surface area (Å²) in [6.07, 6.45) is 2.09. The second-order valence-electron chi connectivity index (χ2n) is 9.68. The van der Waals surface area contributed by atoms with Crippen molar-refractivity contribution >= 4 is 17.8 Å². The van der Waals surface area contributed by atoms with Crippen molar-refractivity contribution in [2.24, 2.45) is 11.3 Å². The Morgan fingerprint density at radius 1 is 1.12 bits per heavy atom. The molecule has 0 aliphatic heterocycles. The van der Waals surface area contributed by atoms with E-state index in [9.17, 15) is 19.5 Å². The molecule has 0 bridgehead atoms. The maximum absolute atomic E-state index is 13.5. The SMILES string of the molecule is CN[C@@H](Cc1ccccc1)C(=O)N[C@H](C(=O)N(C)[C@H](C=C(C)C(=O)O)C(C)C)C(C)(C)C. The molecule has 0 unspecified atom stereocenters. The first kappa shape index (κ1) is 27.4. The van der Waals surface area contributed by atoms with Crippen LogP contribution in [0.4, 0.5) is 0 Å². The zero-order valence-electron chi connectivity index (χ0n) is 20.6. The van der Waals surface area contributed by atoms with Gasteiger partial charge in [0.05, 0.1) is 12.1 Å². The van der Waals surface area contributed by atoms with Crippen molar-refractivity contribution in [1.82, 2.24) is 15.5 Å². The van der Waals surface area contributed by atoms with Crippen LogP contribution in [0, 0.1) is 11.3 Å². The van der Waals surface area contributed by atoms with E-state index in [1.54, 1.807) is 25.1 Å². The standard InChI is InChI=1S/C25H39N3O4/c1-16(2)20(14-17(3)24(31)32)28(8)23(30)21(25(4,5)6)27-22(29)19(26-7)15-18-12-10-9-11-13-18/h9-14,16,19-21,26H,15H2,1-8H3,(H,27,29)(H,31,32)/t19-,20+,21+/m0/s1. The van der Waals surface area contributed by atoms with Gasteiger partial charge < -0.3 is 20.6 Å². The molecule has 0 aromatic heterocycles. The van der Waals surface area contributed by atoms with Gasteiger partial charge in [-0.25, -0.2) is 4.79 Å². The number of hydrogen-bond donors (Lipinski definition) is 3. The van der Waals surface area contributed by atoms with Crippen LogP contribution in [0.1, 0.15) is 47.1 Å². The molecule has 1 aromatic rings. The number of carbonyl (C=O) groups excluding carboxylic acids is 2. The minimum absolute atomic E-state index is 0.00212. The van der Waals surface area contributed by atoms with Crippen molar-refractivity contribution in [3.05, 3.63) is 47.5 Å². The Labute approximate surface area is 192 Å². The lowest BCUT2D eigenvalue weighted by molar-refractivity contribution is -0.140. The molecule has 7 nitrogen and oxygen atoms in total. The summed E-state index contributed by atoms with van der Waals surface area (Å²) in [6.45, 7) is 11.1. The van der Waals surface area contributed by atoms with E-state index in [-0.39, 0.29) is 23.3 Å². The van der Waals surface area contributed by atoms with Gasteiger partial charge in [-0.2, -0.15) is 0 Å². The zero-order valence-corrected chi connectivity index (χ0v) is 20.6. The van der Waals surface area contributed by atoms with Gasteiger partial charge in [-0.05, 0) is 37.3 Å². The van der Waals surface area contributed by atoms with Crippen molar-refractivity contribution in [2.75, 3.05) is 14.1 Å². The number of likely N-dealkylation sites (N-methyl/N-ethyl adjacent to an activating group) is 2. The number of rotatable bonds is 10. The van der Waals surface area contributed by atoms with E-state index < -0.39 is 29.5 Å². The third-order valence-electron chi connectivity index (χ3n) is 5.58. The van der Waals surface area contributed by atoms with Crippen molar-refractivity contribution in [3.63, 3.8) is 0 Å². The van der Waals surface area contributed by atoms with Crippen LogP contribution in [0.15, 0.2) is 42.0 Å².